The Morgan fingerprint density at radius 2 is 2.06 bits per heavy atom. The largest absolute Gasteiger partial charge is 0.298 e. The molecule has 1 aromatic rings. The summed E-state index contributed by atoms with van der Waals surface area (Å²) < 4.78 is 0. The maximum Gasteiger partial charge on any atom is 0.148 e. The highest BCUT2D eigenvalue weighted by molar-refractivity contribution is 8.00. The second kappa shape index (κ2) is 6.20. The van der Waals surface area contributed by atoms with Crippen molar-refractivity contribution < 1.29 is 4.79 Å². The zero-order valence-electron chi connectivity index (χ0n) is 11.1. The summed E-state index contributed by atoms with van der Waals surface area (Å²) in [5, 5.41) is 0. The van der Waals surface area contributed by atoms with E-state index in [1.165, 1.54) is 5.56 Å². The van der Waals surface area contributed by atoms with Gasteiger partial charge < -0.3 is 0 Å². The molecule has 0 aliphatic rings. The minimum Gasteiger partial charge on any atom is -0.298 e. The third-order valence-electron chi connectivity index (χ3n) is 3.19. The molecule has 0 spiro atoms. The number of aromatic nitrogens is 1. The van der Waals surface area contributed by atoms with E-state index in [1.807, 2.05) is 26.2 Å². The summed E-state index contributed by atoms with van der Waals surface area (Å²) >= 11 is 1.59. The molecule has 3 heteroatoms. The molecule has 1 heterocycles. The van der Waals surface area contributed by atoms with Gasteiger partial charge in [-0.05, 0) is 24.5 Å². The molecule has 94 valence electrons. The lowest BCUT2D eigenvalue weighted by atomic mass is 9.86. The van der Waals surface area contributed by atoms with Gasteiger partial charge in [0.15, 0.2) is 0 Å². The van der Waals surface area contributed by atoms with E-state index in [9.17, 15) is 4.79 Å². The van der Waals surface area contributed by atoms with E-state index in [2.05, 4.69) is 24.9 Å². The number of thioether (sulfide) groups is 1. The van der Waals surface area contributed by atoms with Crippen molar-refractivity contribution in [1.82, 2.24) is 4.98 Å². The second-order valence-corrected chi connectivity index (χ2v) is 5.88. The van der Waals surface area contributed by atoms with Crippen molar-refractivity contribution in [3.63, 3.8) is 0 Å². The molecule has 1 aromatic heterocycles. The molecule has 0 N–H and O–H groups in total. The quantitative estimate of drug-likeness (QED) is 0.721. The predicted octanol–water partition coefficient (Wildman–Crippen LogP) is 3.74. The van der Waals surface area contributed by atoms with Gasteiger partial charge in [0.2, 0.25) is 0 Å². The van der Waals surface area contributed by atoms with E-state index in [1.54, 1.807) is 11.8 Å². The summed E-state index contributed by atoms with van der Waals surface area (Å²) in [7, 11) is 0. The summed E-state index contributed by atoms with van der Waals surface area (Å²) in [6, 6.07) is 2.11. The average Bonchev–Trinajstić information content (AvgIpc) is 2.36. The van der Waals surface area contributed by atoms with Gasteiger partial charge in [0.25, 0.3) is 0 Å². The Labute approximate surface area is 108 Å². The normalized spacial score (nSPS) is 11.5. The minimum absolute atomic E-state index is 0.206. The van der Waals surface area contributed by atoms with Crippen molar-refractivity contribution in [3.05, 3.63) is 24.0 Å². The number of carbonyl (C=O) groups is 1. The van der Waals surface area contributed by atoms with Crippen molar-refractivity contribution in [2.75, 3.05) is 5.75 Å². The SMILES string of the molecule is CCc1cncc(SCC(=O)C(C)(C)CC)c1. The topological polar surface area (TPSA) is 30.0 Å². The predicted molar refractivity (Wildman–Crippen MR) is 73.4 cm³/mol. The molecule has 0 bridgehead atoms. The van der Waals surface area contributed by atoms with E-state index in [-0.39, 0.29) is 5.41 Å². The molecule has 0 unspecified atom stereocenters. The first-order valence-electron chi connectivity index (χ1n) is 6.09. The Morgan fingerprint density at radius 3 is 2.65 bits per heavy atom. The standard InChI is InChI=1S/C14H21NOS/c1-5-11-7-12(9-15-8-11)17-10-13(16)14(3,4)6-2/h7-9H,5-6,10H2,1-4H3. The molecule has 0 atom stereocenters. The molecule has 0 amide bonds. The zero-order chi connectivity index (χ0) is 12.9. The van der Waals surface area contributed by atoms with Gasteiger partial charge in [-0.25, -0.2) is 0 Å². The third-order valence-corrected chi connectivity index (χ3v) is 4.15. The highest BCUT2D eigenvalue weighted by atomic mass is 32.2. The van der Waals surface area contributed by atoms with E-state index in [0.717, 1.165) is 17.7 Å². The van der Waals surface area contributed by atoms with Crippen LogP contribution in [0.5, 0.6) is 0 Å². The lowest BCUT2D eigenvalue weighted by Gasteiger charge is -2.20. The molecule has 17 heavy (non-hydrogen) atoms. The fourth-order valence-electron chi connectivity index (χ4n) is 1.28. The number of nitrogens with zero attached hydrogens (tertiary/aromatic N) is 1. The minimum atomic E-state index is -0.206. The summed E-state index contributed by atoms with van der Waals surface area (Å²) in [5.74, 6) is 0.849. The Morgan fingerprint density at radius 1 is 1.35 bits per heavy atom. The lowest BCUT2D eigenvalue weighted by molar-refractivity contribution is -0.124. The third kappa shape index (κ3) is 4.15. The molecule has 0 aliphatic carbocycles. The second-order valence-electron chi connectivity index (χ2n) is 4.83. The van der Waals surface area contributed by atoms with E-state index in [0.29, 0.717) is 11.5 Å². The molecule has 0 radical (unpaired) electrons. The smallest absolute Gasteiger partial charge is 0.148 e. The van der Waals surface area contributed by atoms with Crippen LogP contribution in [0.1, 0.15) is 39.7 Å². The first-order chi connectivity index (χ1) is 7.99. The van der Waals surface area contributed by atoms with Gasteiger partial charge in [-0.1, -0.05) is 27.7 Å². The molecule has 0 fully saturated rings. The van der Waals surface area contributed by atoms with Crippen molar-refractivity contribution in [2.45, 2.75) is 45.4 Å². The van der Waals surface area contributed by atoms with Crippen molar-refractivity contribution in [1.29, 1.82) is 0 Å². The maximum absolute atomic E-state index is 12.0. The summed E-state index contributed by atoms with van der Waals surface area (Å²) in [5.41, 5.74) is 1.01. The number of Topliss-reactive ketones (excluding diaryl/α,β-unsaturated/α-hetero) is 1. The molecular formula is C14H21NOS. The van der Waals surface area contributed by atoms with Gasteiger partial charge in [0, 0.05) is 22.7 Å². The van der Waals surface area contributed by atoms with Crippen molar-refractivity contribution in [2.24, 2.45) is 5.41 Å². The number of ketones is 1. The number of carbonyl (C=O) groups excluding carboxylic acids is 1. The van der Waals surface area contributed by atoms with Crippen LogP contribution in [0.2, 0.25) is 0 Å². The first-order valence-corrected chi connectivity index (χ1v) is 7.08. The molecule has 2 nitrogen and oxygen atoms in total. The number of hydrogen-bond acceptors (Lipinski definition) is 3. The van der Waals surface area contributed by atoms with Gasteiger partial charge in [-0.2, -0.15) is 0 Å². The molecule has 0 aliphatic heterocycles. The molecule has 1 rings (SSSR count). The molecule has 0 aromatic carbocycles. The Bertz CT molecular complexity index is 388. The average molecular weight is 251 g/mol. The highest BCUT2D eigenvalue weighted by Crippen LogP contribution is 2.26. The van der Waals surface area contributed by atoms with Crippen LogP contribution >= 0.6 is 11.8 Å². The Balaban J connectivity index is 2.58. The fraction of sp³-hybridized carbons (Fsp3) is 0.571. The molecule has 0 saturated heterocycles. The van der Waals surface area contributed by atoms with E-state index in [4.69, 9.17) is 0 Å². The first kappa shape index (κ1) is 14.2. The van der Waals surface area contributed by atoms with Crippen LogP contribution < -0.4 is 0 Å². The van der Waals surface area contributed by atoms with Gasteiger partial charge >= 0.3 is 0 Å². The number of rotatable bonds is 6. The van der Waals surface area contributed by atoms with Gasteiger partial charge in [-0.3, -0.25) is 9.78 Å². The van der Waals surface area contributed by atoms with Crippen molar-refractivity contribution in [3.8, 4) is 0 Å². The van der Waals surface area contributed by atoms with Crippen LogP contribution in [0.4, 0.5) is 0 Å². The van der Waals surface area contributed by atoms with Gasteiger partial charge in [0.1, 0.15) is 5.78 Å². The number of pyridine rings is 1. The van der Waals surface area contributed by atoms with E-state index < -0.39 is 0 Å². The van der Waals surface area contributed by atoms with Crippen LogP contribution in [0.25, 0.3) is 0 Å². The lowest BCUT2D eigenvalue weighted by Crippen LogP contribution is -2.24. The summed E-state index contributed by atoms with van der Waals surface area (Å²) in [6.07, 6.45) is 5.58. The van der Waals surface area contributed by atoms with Crippen LogP contribution in [0.3, 0.4) is 0 Å². The van der Waals surface area contributed by atoms with E-state index >= 15 is 0 Å². The van der Waals surface area contributed by atoms with Crippen molar-refractivity contribution >= 4 is 17.5 Å². The number of hydrogen-bond donors (Lipinski definition) is 0. The molecule has 0 saturated carbocycles. The van der Waals surface area contributed by atoms with Crippen LogP contribution in [0, 0.1) is 5.41 Å². The highest BCUT2D eigenvalue weighted by Gasteiger charge is 2.24. The summed E-state index contributed by atoms with van der Waals surface area (Å²) in [6.45, 7) is 8.19. The molecular weight excluding hydrogens is 230 g/mol. The Hall–Kier alpha value is -0.830. The van der Waals surface area contributed by atoms with Crippen LogP contribution in [0.15, 0.2) is 23.4 Å². The zero-order valence-corrected chi connectivity index (χ0v) is 11.9. The monoisotopic (exact) mass is 251 g/mol. The van der Waals surface area contributed by atoms with Crippen LogP contribution in [-0.4, -0.2) is 16.5 Å². The van der Waals surface area contributed by atoms with Gasteiger partial charge in [0.05, 0.1) is 5.75 Å². The maximum atomic E-state index is 12.0. The number of aryl methyl sites for hydroxylation is 1. The van der Waals surface area contributed by atoms with Crippen LogP contribution in [-0.2, 0) is 11.2 Å². The fourth-order valence-corrected chi connectivity index (χ4v) is 2.34. The Kier molecular flexibility index (Phi) is 5.19. The summed E-state index contributed by atoms with van der Waals surface area (Å²) in [4.78, 5) is 17.3. The van der Waals surface area contributed by atoms with Gasteiger partial charge in [-0.15, -0.1) is 11.8 Å².